The summed E-state index contributed by atoms with van der Waals surface area (Å²) in [5.74, 6) is 0.867. The van der Waals surface area contributed by atoms with Gasteiger partial charge < -0.3 is 4.43 Å². The molecule has 0 saturated heterocycles. The van der Waals surface area contributed by atoms with Crippen molar-refractivity contribution < 1.29 is 4.43 Å². The zero-order chi connectivity index (χ0) is 22.9. The molecule has 0 saturated carbocycles. The second-order valence-corrected chi connectivity index (χ2v) is 15.7. The SMILES string of the molecule is CC(/C=C/I)=C\[C@@H](C)[C@@H](O[Si](C)(C)C(C)(C)C)/C(C)=C/[C@@H](C)CCc1ccccc1. The molecule has 3 atom stereocenters. The lowest BCUT2D eigenvalue weighted by atomic mass is 9.92. The van der Waals surface area contributed by atoms with E-state index < -0.39 is 8.32 Å². The molecule has 1 aromatic carbocycles. The Labute approximate surface area is 201 Å². The molecule has 30 heavy (non-hydrogen) atoms. The van der Waals surface area contributed by atoms with Crippen molar-refractivity contribution >= 4 is 30.9 Å². The van der Waals surface area contributed by atoms with Crippen LogP contribution in [0.2, 0.25) is 18.1 Å². The third kappa shape index (κ3) is 9.23. The van der Waals surface area contributed by atoms with E-state index in [2.05, 4.69) is 137 Å². The Morgan fingerprint density at radius 2 is 1.67 bits per heavy atom. The molecule has 1 nitrogen and oxygen atoms in total. The molecule has 0 aliphatic carbocycles. The maximum Gasteiger partial charge on any atom is 0.192 e. The van der Waals surface area contributed by atoms with Gasteiger partial charge in [-0.3, -0.25) is 0 Å². The molecule has 168 valence electrons. The second kappa shape index (κ2) is 12.4. The Bertz CT molecular complexity index is 725. The summed E-state index contributed by atoms with van der Waals surface area (Å²) in [7, 11) is -1.87. The normalized spacial score (nSPS) is 17.3. The van der Waals surface area contributed by atoms with Gasteiger partial charge in [0, 0.05) is 5.92 Å². The van der Waals surface area contributed by atoms with Crippen LogP contribution in [0.1, 0.15) is 60.5 Å². The van der Waals surface area contributed by atoms with Crippen LogP contribution in [0.5, 0.6) is 0 Å². The van der Waals surface area contributed by atoms with Crippen LogP contribution in [0.25, 0.3) is 0 Å². The molecule has 1 aromatic rings. The van der Waals surface area contributed by atoms with E-state index in [4.69, 9.17) is 4.43 Å². The molecule has 0 bridgehead atoms. The Morgan fingerprint density at radius 1 is 1.07 bits per heavy atom. The highest BCUT2D eigenvalue weighted by atomic mass is 127. The van der Waals surface area contributed by atoms with Crippen molar-refractivity contribution in [3.63, 3.8) is 0 Å². The first kappa shape index (κ1) is 27.4. The number of halogens is 1. The molecule has 0 heterocycles. The lowest BCUT2D eigenvalue weighted by molar-refractivity contribution is 0.177. The summed E-state index contributed by atoms with van der Waals surface area (Å²) in [5, 5.41) is 0.199. The number of rotatable bonds is 10. The molecule has 0 fully saturated rings. The Balaban J connectivity index is 3.05. The average Bonchev–Trinajstić information content (AvgIpc) is 2.64. The highest BCUT2D eigenvalue weighted by Crippen LogP contribution is 2.39. The standard InChI is InChI=1S/C27H43IOSi/c1-21(15-16-25-13-11-10-12-14-25)19-23(3)26(24(4)20-22(2)17-18-28)29-30(8,9)27(5,6)7/h10-14,17-21,24,26H,15-16H2,1-9H3/b18-17+,22-20+,23-19+/t21-,24+,26-/m0/s1. The van der Waals surface area contributed by atoms with Gasteiger partial charge in [0.2, 0.25) is 0 Å². The lowest BCUT2D eigenvalue weighted by Crippen LogP contribution is -2.45. The van der Waals surface area contributed by atoms with Crippen molar-refractivity contribution in [1.29, 1.82) is 0 Å². The largest absolute Gasteiger partial charge is 0.410 e. The van der Waals surface area contributed by atoms with Gasteiger partial charge in [-0.05, 0) is 66.0 Å². The molecule has 0 spiro atoms. The molecule has 0 aromatic heterocycles. The van der Waals surface area contributed by atoms with Crippen LogP contribution >= 0.6 is 22.6 Å². The molecule has 0 radical (unpaired) electrons. The van der Waals surface area contributed by atoms with Crippen LogP contribution in [-0.2, 0) is 10.8 Å². The monoisotopic (exact) mass is 538 g/mol. The third-order valence-corrected chi connectivity index (χ3v) is 11.1. The quantitative estimate of drug-likeness (QED) is 0.125. The number of benzene rings is 1. The van der Waals surface area contributed by atoms with Crippen molar-refractivity contribution in [1.82, 2.24) is 0 Å². The van der Waals surface area contributed by atoms with Gasteiger partial charge in [-0.15, -0.1) is 0 Å². The fourth-order valence-electron chi connectivity index (χ4n) is 3.43. The fourth-order valence-corrected chi connectivity index (χ4v) is 5.39. The van der Waals surface area contributed by atoms with Crippen molar-refractivity contribution in [2.75, 3.05) is 0 Å². The molecule has 0 aliphatic rings. The Morgan fingerprint density at radius 3 is 2.20 bits per heavy atom. The van der Waals surface area contributed by atoms with Gasteiger partial charge in [-0.2, -0.15) is 0 Å². The summed E-state index contributed by atoms with van der Waals surface area (Å²) in [4.78, 5) is 0. The molecule has 0 N–H and O–H groups in total. The maximum absolute atomic E-state index is 6.97. The van der Waals surface area contributed by atoms with E-state index in [0.717, 1.165) is 12.8 Å². The number of allylic oxidation sites excluding steroid dienone is 3. The molecule has 0 unspecified atom stereocenters. The molecule has 1 rings (SSSR count). The Kier molecular flexibility index (Phi) is 11.3. The van der Waals surface area contributed by atoms with Crippen molar-refractivity contribution in [2.45, 2.75) is 85.5 Å². The highest BCUT2D eigenvalue weighted by molar-refractivity contribution is 14.1. The lowest BCUT2D eigenvalue weighted by Gasteiger charge is -2.41. The van der Waals surface area contributed by atoms with Gasteiger partial charge in [0.25, 0.3) is 0 Å². The van der Waals surface area contributed by atoms with Gasteiger partial charge in [-0.25, -0.2) is 0 Å². The minimum atomic E-state index is -1.87. The van der Waals surface area contributed by atoms with Crippen LogP contribution in [0.15, 0.2) is 63.8 Å². The van der Waals surface area contributed by atoms with Crippen LogP contribution in [0, 0.1) is 11.8 Å². The number of hydrogen-bond acceptors (Lipinski definition) is 1. The van der Waals surface area contributed by atoms with Crippen LogP contribution in [-0.4, -0.2) is 14.4 Å². The summed E-state index contributed by atoms with van der Waals surface area (Å²) in [6.07, 6.45) is 9.39. The van der Waals surface area contributed by atoms with Crippen molar-refractivity contribution in [3.05, 3.63) is 69.4 Å². The van der Waals surface area contributed by atoms with Crippen LogP contribution < -0.4 is 0 Å². The number of hydrogen-bond donors (Lipinski definition) is 0. The van der Waals surface area contributed by atoms with Crippen molar-refractivity contribution in [3.8, 4) is 0 Å². The van der Waals surface area contributed by atoms with E-state index in [-0.39, 0.29) is 11.1 Å². The third-order valence-electron chi connectivity index (χ3n) is 6.28. The fraction of sp³-hybridized carbons (Fsp3) is 0.556. The molecular weight excluding hydrogens is 495 g/mol. The predicted octanol–water partition coefficient (Wildman–Crippen LogP) is 9.12. The summed E-state index contributed by atoms with van der Waals surface area (Å²) < 4.78 is 9.05. The highest BCUT2D eigenvalue weighted by Gasteiger charge is 2.40. The first-order valence-electron chi connectivity index (χ1n) is 11.2. The zero-order valence-corrected chi connectivity index (χ0v) is 23.8. The first-order chi connectivity index (χ1) is 13.9. The maximum atomic E-state index is 6.97. The van der Waals surface area contributed by atoms with Gasteiger partial charge in [-0.1, -0.05) is 111 Å². The van der Waals surface area contributed by atoms with E-state index in [1.54, 1.807) is 0 Å². The van der Waals surface area contributed by atoms with Crippen LogP contribution in [0.4, 0.5) is 0 Å². The van der Waals surface area contributed by atoms with E-state index in [1.807, 2.05) is 0 Å². The van der Waals surface area contributed by atoms with E-state index >= 15 is 0 Å². The smallest absolute Gasteiger partial charge is 0.192 e. The van der Waals surface area contributed by atoms with Crippen molar-refractivity contribution in [2.24, 2.45) is 11.8 Å². The van der Waals surface area contributed by atoms with Gasteiger partial charge in [0.05, 0.1) is 6.10 Å². The van der Waals surface area contributed by atoms with Gasteiger partial charge in [0.15, 0.2) is 8.32 Å². The average molecular weight is 539 g/mol. The minimum Gasteiger partial charge on any atom is -0.410 e. The summed E-state index contributed by atoms with van der Waals surface area (Å²) in [6.45, 7) is 20.8. The molecule has 3 heteroatoms. The second-order valence-electron chi connectivity index (χ2n) is 10.3. The first-order valence-corrected chi connectivity index (χ1v) is 15.4. The number of aryl methyl sites for hydroxylation is 1. The van der Waals surface area contributed by atoms with Gasteiger partial charge in [0.1, 0.15) is 0 Å². The van der Waals surface area contributed by atoms with E-state index in [0.29, 0.717) is 11.8 Å². The van der Waals surface area contributed by atoms with Gasteiger partial charge >= 0.3 is 0 Å². The summed E-state index contributed by atoms with van der Waals surface area (Å²) in [5.41, 5.74) is 4.09. The van der Waals surface area contributed by atoms with E-state index in [9.17, 15) is 0 Å². The van der Waals surface area contributed by atoms with E-state index in [1.165, 1.54) is 16.7 Å². The minimum absolute atomic E-state index is 0.127. The summed E-state index contributed by atoms with van der Waals surface area (Å²) >= 11 is 2.29. The zero-order valence-electron chi connectivity index (χ0n) is 20.6. The molecule has 0 aliphatic heterocycles. The molecular formula is C27H43IOSi. The topological polar surface area (TPSA) is 9.23 Å². The summed E-state index contributed by atoms with van der Waals surface area (Å²) in [6, 6.07) is 10.8. The molecule has 0 amide bonds. The Hall–Kier alpha value is -0.653. The van der Waals surface area contributed by atoms with Crippen LogP contribution in [0.3, 0.4) is 0 Å². The predicted molar refractivity (Wildman–Crippen MR) is 146 cm³/mol.